The maximum Gasteiger partial charge on any atom is 0.238 e. The minimum atomic E-state index is -3.60. The molecule has 0 radical (unpaired) electrons. The number of benzene rings is 1. The molecule has 1 aliphatic heterocycles. The minimum absolute atomic E-state index is 0.159. The van der Waals surface area contributed by atoms with E-state index in [1.165, 1.54) is 6.42 Å². The molecule has 1 saturated heterocycles. The summed E-state index contributed by atoms with van der Waals surface area (Å²) in [6.45, 7) is 2.11. The van der Waals surface area contributed by atoms with Crippen molar-refractivity contribution in [2.75, 3.05) is 25.0 Å². The molecule has 1 fully saturated rings. The van der Waals surface area contributed by atoms with E-state index in [9.17, 15) is 8.42 Å². The van der Waals surface area contributed by atoms with Gasteiger partial charge < -0.3 is 10.2 Å². The van der Waals surface area contributed by atoms with Crippen molar-refractivity contribution in [2.24, 2.45) is 5.14 Å². The van der Waals surface area contributed by atoms with E-state index in [1.807, 2.05) is 12.1 Å². The van der Waals surface area contributed by atoms with Crippen molar-refractivity contribution in [2.45, 2.75) is 30.2 Å². The molecule has 1 atom stereocenters. The summed E-state index contributed by atoms with van der Waals surface area (Å²) in [6.07, 6.45) is 3.43. The molecule has 0 spiro atoms. The quantitative estimate of drug-likeness (QED) is 0.864. The zero-order chi connectivity index (χ0) is 13.9. The van der Waals surface area contributed by atoms with Gasteiger partial charge in [-0.3, -0.25) is 0 Å². The van der Waals surface area contributed by atoms with Gasteiger partial charge in [-0.05, 0) is 56.6 Å². The first-order chi connectivity index (χ1) is 8.98. The van der Waals surface area contributed by atoms with E-state index in [0.29, 0.717) is 6.04 Å². The van der Waals surface area contributed by atoms with Gasteiger partial charge in [-0.15, -0.1) is 0 Å². The molecule has 6 heteroatoms. The van der Waals surface area contributed by atoms with Crippen molar-refractivity contribution in [1.29, 1.82) is 0 Å². The highest BCUT2D eigenvalue weighted by Crippen LogP contribution is 2.22. The molecule has 1 heterocycles. The Bertz CT molecular complexity index is 505. The van der Waals surface area contributed by atoms with Crippen LogP contribution in [-0.2, 0) is 10.0 Å². The molecule has 2 rings (SSSR count). The Labute approximate surface area is 114 Å². The third-order valence-corrected chi connectivity index (χ3v) is 4.59. The number of nitrogens with zero attached hydrogens (tertiary/aromatic N) is 1. The summed E-state index contributed by atoms with van der Waals surface area (Å²) in [7, 11) is -1.55. The van der Waals surface area contributed by atoms with Gasteiger partial charge in [-0.1, -0.05) is 0 Å². The van der Waals surface area contributed by atoms with Gasteiger partial charge in [-0.25, -0.2) is 13.6 Å². The molecular weight excluding hydrogens is 262 g/mol. The van der Waals surface area contributed by atoms with E-state index < -0.39 is 10.0 Å². The van der Waals surface area contributed by atoms with Crippen molar-refractivity contribution < 1.29 is 8.42 Å². The second kappa shape index (κ2) is 5.90. The van der Waals surface area contributed by atoms with Crippen LogP contribution in [0.25, 0.3) is 0 Å². The van der Waals surface area contributed by atoms with Gasteiger partial charge in [0, 0.05) is 18.8 Å². The smallest absolute Gasteiger partial charge is 0.238 e. The van der Waals surface area contributed by atoms with Gasteiger partial charge in [0.15, 0.2) is 0 Å². The Morgan fingerprint density at radius 1 is 1.21 bits per heavy atom. The second-order valence-corrected chi connectivity index (χ2v) is 6.55. The van der Waals surface area contributed by atoms with E-state index in [2.05, 4.69) is 17.3 Å². The number of hydrogen-bond acceptors (Lipinski definition) is 4. The lowest BCUT2D eigenvalue weighted by molar-refractivity contribution is 0.566. The Kier molecular flexibility index (Phi) is 4.44. The number of hydrogen-bond donors (Lipinski definition) is 2. The van der Waals surface area contributed by atoms with Crippen LogP contribution in [0.3, 0.4) is 0 Å². The maximum atomic E-state index is 11.2. The summed E-state index contributed by atoms with van der Waals surface area (Å²) in [5.74, 6) is 0. The molecular formula is C13H21N3O2S. The molecule has 5 nitrogen and oxygen atoms in total. The highest BCUT2D eigenvalue weighted by molar-refractivity contribution is 7.89. The summed E-state index contributed by atoms with van der Waals surface area (Å²) in [5, 5.41) is 8.49. The molecule has 3 N–H and O–H groups in total. The van der Waals surface area contributed by atoms with Crippen LogP contribution in [0.2, 0.25) is 0 Å². The summed E-state index contributed by atoms with van der Waals surface area (Å²) in [4.78, 5) is 2.38. The molecule has 0 saturated carbocycles. The lowest BCUT2D eigenvalue weighted by Gasteiger charge is -2.29. The molecule has 0 bridgehead atoms. The molecule has 0 aromatic heterocycles. The largest absolute Gasteiger partial charge is 0.372 e. The van der Waals surface area contributed by atoms with Crippen molar-refractivity contribution in [3.05, 3.63) is 24.3 Å². The Balaban J connectivity index is 2.12. The first-order valence-electron chi connectivity index (χ1n) is 6.55. The normalized spacial score (nSPS) is 20.8. The molecule has 1 aromatic carbocycles. The molecule has 1 aliphatic rings. The highest BCUT2D eigenvalue weighted by atomic mass is 32.2. The van der Waals surface area contributed by atoms with Crippen LogP contribution in [0.5, 0.6) is 0 Å². The number of nitrogens with one attached hydrogen (secondary N) is 1. The topological polar surface area (TPSA) is 75.4 Å². The van der Waals surface area contributed by atoms with Crippen molar-refractivity contribution in [1.82, 2.24) is 5.32 Å². The van der Waals surface area contributed by atoms with E-state index in [0.717, 1.165) is 31.6 Å². The van der Waals surface area contributed by atoms with Crippen LogP contribution in [0.1, 0.15) is 19.3 Å². The van der Waals surface area contributed by atoms with E-state index >= 15 is 0 Å². The highest BCUT2D eigenvalue weighted by Gasteiger charge is 2.17. The summed E-state index contributed by atoms with van der Waals surface area (Å²) >= 11 is 0. The molecule has 19 heavy (non-hydrogen) atoms. The predicted molar refractivity (Wildman–Crippen MR) is 76.7 cm³/mol. The number of nitrogens with two attached hydrogens (primary N) is 1. The molecule has 106 valence electrons. The van der Waals surface area contributed by atoms with Gasteiger partial charge in [0.05, 0.1) is 4.90 Å². The van der Waals surface area contributed by atoms with E-state index in [1.54, 1.807) is 12.1 Å². The zero-order valence-electron chi connectivity index (χ0n) is 11.2. The zero-order valence-corrected chi connectivity index (χ0v) is 12.0. The number of anilines is 1. The first kappa shape index (κ1) is 14.3. The van der Waals surface area contributed by atoms with Crippen LogP contribution >= 0.6 is 0 Å². The SMILES string of the molecule is CN(c1ccc(S(N)(=O)=O)cc1)C1CCCNCC1. The average molecular weight is 283 g/mol. The Hall–Kier alpha value is -1.11. The summed E-state index contributed by atoms with van der Waals surface area (Å²) in [6, 6.07) is 7.26. The van der Waals surface area contributed by atoms with Gasteiger partial charge >= 0.3 is 0 Å². The fraction of sp³-hybridized carbons (Fsp3) is 0.538. The number of rotatable bonds is 3. The first-order valence-corrected chi connectivity index (χ1v) is 8.09. The molecule has 1 aromatic rings. The van der Waals surface area contributed by atoms with Crippen LogP contribution in [0.15, 0.2) is 29.2 Å². The monoisotopic (exact) mass is 283 g/mol. The lowest BCUT2D eigenvalue weighted by atomic mass is 10.1. The summed E-state index contributed by atoms with van der Waals surface area (Å²) < 4.78 is 22.4. The van der Waals surface area contributed by atoms with Gasteiger partial charge in [0.2, 0.25) is 10.0 Å². The van der Waals surface area contributed by atoms with Crippen molar-refractivity contribution in [3.63, 3.8) is 0 Å². The van der Waals surface area contributed by atoms with Gasteiger partial charge in [0.25, 0.3) is 0 Å². The number of primary sulfonamides is 1. The van der Waals surface area contributed by atoms with Crippen LogP contribution in [0, 0.1) is 0 Å². The summed E-state index contributed by atoms with van der Waals surface area (Å²) in [5.41, 5.74) is 1.03. The number of sulfonamides is 1. The van der Waals surface area contributed by atoms with Gasteiger partial charge in [-0.2, -0.15) is 0 Å². The van der Waals surface area contributed by atoms with Gasteiger partial charge in [0.1, 0.15) is 0 Å². The second-order valence-electron chi connectivity index (χ2n) is 4.98. The Morgan fingerprint density at radius 3 is 2.53 bits per heavy atom. The lowest BCUT2D eigenvalue weighted by Crippen LogP contribution is -2.32. The van der Waals surface area contributed by atoms with Crippen LogP contribution in [-0.4, -0.2) is 34.6 Å². The predicted octanol–water partition coefficient (Wildman–Crippen LogP) is 0.912. The Morgan fingerprint density at radius 2 is 1.89 bits per heavy atom. The standard InChI is InChI=1S/C13H21N3O2S/c1-16(11-3-2-9-15-10-8-11)12-4-6-13(7-5-12)19(14,17)18/h4-7,11,15H,2-3,8-10H2,1H3,(H2,14,17,18). The van der Waals surface area contributed by atoms with E-state index in [-0.39, 0.29) is 4.90 Å². The minimum Gasteiger partial charge on any atom is -0.372 e. The molecule has 0 aliphatic carbocycles. The van der Waals surface area contributed by atoms with Crippen LogP contribution in [0.4, 0.5) is 5.69 Å². The third-order valence-electron chi connectivity index (χ3n) is 3.67. The molecule has 1 unspecified atom stereocenters. The average Bonchev–Trinajstić information content (AvgIpc) is 2.66. The fourth-order valence-corrected chi connectivity index (χ4v) is 2.99. The van der Waals surface area contributed by atoms with Crippen LogP contribution < -0.4 is 15.4 Å². The van der Waals surface area contributed by atoms with Crippen molar-refractivity contribution in [3.8, 4) is 0 Å². The maximum absolute atomic E-state index is 11.2. The third kappa shape index (κ3) is 3.68. The fourth-order valence-electron chi connectivity index (χ4n) is 2.47. The van der Waals surface area contributed by atoms with E-state index in [4.69, 9.17) is 5.14 Å². The van der Waals surface area contributed by atoms with Crippen molar-refractivity contribution >= 4 is 15.7 Å². The molecule has 0 amide bonds.